The molecule has 18 aromatic rings. The highest BCUT2D eigenvalue weighted by atomic mass is 15.2. The van der Waals surface area contributed by atoms with Gasteiger partial charge in [-0.1, -0.05) is 340 Å². The molecule has 0 fully saturated rings. The van der Waals surface area contributed by atoms with Gasteiger partial charge in [0.25, 0.3) is 6.71 Å². The van der Waals surface area contributed by atoms with Gasteiger partial charge in [-0.25, -0.2) is 0 Å². The molecule has 20 rings (SSSR count). The molecule has 5 heterocycles. The van der Waals surface area contributed by atoms with E-state index in [1.54, 1.807) is 0 Å². The van der Waals surface area contributed by atoms with E-state index in [2.05, 4.69) is 438 Å². The highest BCUT2D eigenvalue weighted by Gasteiger charge is 2.47. The van der Waals surface area contributed by atoms with Crippen molar-refractivity contribution in [1.82, 2.24) is 8.97 Å². The number of para-hydroxylation sites is 2. The van der Waals surface area contributed by atoms with Gasteiger partial charge in [0.2, 0.25) is 0 Å². The lowest BCUT2D eigenvalue weighted by Crippen LogP contribution is -2.61. The zero-order valence-corrected chi connectivity index (χ0v) is 68.9. The van der Waals surface area contributed by atoms with Gasteiger partial charge in [-0.2, -0.15) is 0 Å². The van der Waals surface area contributed by atoms with E-state index < -0.39 is 0 Å². The van der Waals surface area contributed by atoms with E-state index >= 15 is 0 Å². The number of benzene rings is 15. The lowest BCUT2D eigenvalue weighted by molar-refractivity contribution is 0.569. The summed E-state index contributed by atoms with van der Waals surface area (Å²) in [6, 6.07) is 122. The van der Waals surface area contributed by atoms with Crippen molar-refractivity contribution in [2.75, 3.05) is 9.80 Å². The largest absolute Gasteiger partial charge is 0.311 e. The maximum Gasteiger partial charge on any atom is 0.252 e. The van der Waals surface area contributed by atoms with Crippen LogP contribution in [0.3, 0.4) is 0 Å². The maximum atomic E-state index is 2.77. The van der Waals surface area contributed by atoms with Gasteiger partial charge in [0, 0.05) is 71.9 Å². The van der Waals surface area contributed by atoms with Crippen molar-refractivity contribution in [3.05, 3.63) is 343 Å². The second kappa shape index (κ2) is 26.1. The van der Waals surface area contributed by atoms with E-state index in [4.69, 9.17) is 0 Å². The molecule has 0 bridgehead atoms. The first kappa shape index (κ1) is 71.6. The average molecular weight is 1490 g/mol. The van der Waals surface area contributed by atoms with Gasteiger partial charge in [0.15, 0.2) is 0 Å². The van der Waals surface area contributed by atoms with Crippen LogP contribution in [0.5, 0.6) is 0 Å². The molecule has 2 aliphatic rings. The minimum Gasteiger partial charge on any atom is -0.311 e. The Balaban J connectivity index is 1.02. The number of hydrogen-bond acceptors (Lipinski definition) is 2. The summed E-state index contributed by atoms with van der Waals surface area (Å²) in [5.41, 5.74) is 32.6. The van der Waals surface area contributed by atoms with Crippen molar-refractivity contribution in [3.63, 3.8) is 0 Å². The topological polar surface area (TPSA) is 15.8 Å². The van der Waals surface area contributed by atoms with Crippen LogP contribution < -0.4 is 26.2 Å². The molecule has 0 spiro atoms. The minimum atomic E-state index is -0.291. The molecule has 0 N–H and O–H groups in total. The molecule has 4 nitrogen and oxygen atoms in total. The fraction of sp³-hybridized carbons (Fsp3) is 0.182. The molecule has 15 aromatic carbocycles. The molecular weight excluding hydrogens is 1390 g/mol. The first-order valence-corrected chi connectivity index (χ1v) is 41.2. The van der Waals surface area contributed by atoms with E-state index in [-0.39, 0.29) is 33.8 Å². The van der Waals surface area contributed by atoms with Crippen molar-refractivity contribution < 1.29 is 0 Å². The van der Waals surface area contributed by atoms with Crippen LogP contribution >= 0.6 is 0 Å². The molecule has 0 saturated carbocycles. The van der Waals surface area contributed by atoms with Gasteiger partial charge in [-0.05, 0) is 205 Å². The zero-order valence-electron chi connectivity index (χ0n) is 68.9. The molecule has 0 radical (unpaired) electrons. The molecule has 0 unspecified atom stereocenters. The zero-order chi connectivity index (χ0) is 79.1. The van der Waals surface area contributed by atoms with Gasteiger partial charge in [0.05, 0.1) is 39.0 Å². The van der Waals surface area contributed by atoms with Gasteiger partial charge < -0.3 is 18.8 Å². The average Bonchev–Trinajstić information content (AvgIpc) is 1.62. The normalized spacial score (nSPS) is 13.3. The summed E-state index contributed by atoms with van der Waals surface area (Å²) in [4.78, 5) is 5.49. The summed E-state index contributed by atoms with van der Waals surface area (Å²) < 4.78 is 5.26. The van der Waals surface area contributed by atoms with E-state index in [1.165, 1.54) is 126 Å². The van der Waals surface area contributed by atoms with E-state index in [9.17, 15) is 0 Å². The lowest BCUT2D eigenvalue weighted by atomic mass is 9.33. The molecule has 0 aliphatic carbocycles. The Bertz CT molecular complexity index is 6920. The van der Waals surface area contributed by atoms with Gasteiger partial charge >= 0.3 is 0 Å². The Hall–Kier alpha value is -12.4. The lowest BCUT2D eigenvalue weighted by Gasteiger charge is -2.45. The van der Waals surface area contributed by atoms with Crippen LogP contribution in [-0.4, -0.2) is 15.7 Å². The van der Waals surface area contributed by atoms with Crippen molar-refractivity contribution in [2.45, 2.75) is 131 Å². The predicted molar refractivity (Wildman–Crippen MR) is 497 cm³/mol. The van der Waals surface area contributed by atoms with Gasteiger partial charge in [-0.3, -0.25) is 0 Å². The minimum absolute atomic E-state index is 0.0679. The van der Waals surface area contributed by atoms with Crippen molar-refractivity contribution >= 4 is 139 Å². The van der Waals surface area contributed by atoms with Crippen molar-refractivity contribution in [1.29, 1.82) is 0 Å². The molecule has 115 heavy (non-hydrogen) atoms. The summed E-state index contributed by atoms with van der Waals surface area (Å²) in [5.74, 6) is 0. The third-order valence-corrected chi connectivity index (χ3v) is 25.2. The second-order valence-corrected chi connectivity index (χ2v) is 37.7. The van der Waals surface area contributed by atoms with Gasteiger partial charge in [-0.15, -0.1) is 0 Å². The predicted octanol–water partition coefficient (Wildman–Crippen LogP) is 28.6. The number of nitrogens with zero attached hydrogens (tertiary/aromatic N) is 4. The van der Waals surface area contributed by atoms with Crippen molar-refractivity contribution in [3.8, 4) is 50.2 Å². The van der Waals surface area contributed by atoms with E-state index in [1.807, 2.05) is 0 Å². The van der Waals surface area contributed by atoms with Crippen LogP contribution in [0.4, 0.5) is 34.1 Å². The Morgan fingerprint density at radius 2 is 0.661 bits per heavy atom. The molecule has 0 saturated heterocycles. The molecule has 2 aliphatic heterocycles. The number of aromatic nitrogens is 2. The fourth-order valence-electron chi connectivity index (χ4n) is 19.0. The highest BCUT2D eigenvalue weighted by molar-refractivity contribution is 7.00. The van der Waals surface area contributed by atoms with E-state index in [0.29, 0.717) is 0 Å². The van der Waals surface area contributed by atoms with Crippen molar-refractivity contribution in [2.24, 2.45) is 0 Å². The Morgan fingerprint density at radius 3 is 1.20 bits per heavy atom. The summed E-state index contributed by atoms with van der Waals surface area (Å²) in [5, 5.41) is 12.0. The first-order chi connectivity index (χ1) is 55.2. The Labute approximate surface area is 677 Å². The van der Waals surface area contributed by atoms with Crippen LogP contribution in [0.2, 0.25) is 0 Å². The quantitative estimate of drug-likeness (QED) is 0.148. The number of anilines is 6. The molecular formula is C110H97BN4. The maximum absolute atomic E-state index is 2.77. The number of rotatable bonds is 7. The molecule has 3 aromatic heterocycles. The monoisotopic (exact) mass is 1480 g/mol. The molecule has 0 amide bonds. The third kappa shape index (κ3) is 11.6. The van der Waals surface area contributed by atoms with Crippen LogP contribution in [-0.2, 0) is 27.1 Å². The SMILES string of the molecule is CC(C)(C)c1cc(-c2ccc3c(c2)N(c2c(-c4ccccc4)cc(C(C)(C)C)cc2-c2ccccc2)c2cc4c(c5c2B3c2ccc(-n3c6ccc(C(C)(C)C)cc6c6cc(C(C)(C)C)ccc63)cc2N5c2ccc(-c3ccccc3)cc2)c2cccc3c5ccccc5c5ccccc5c5ccccc5n4c32)cc(C(C)(C)C)c1. The van der Waals surface area contributed by atoms with Gasteiger partial charge in [0.1, 0.15) is 0 Å². The Morgan fingerprint density at radius 1 is 0.235 bits per heavy atom. The van der Waals surface area contributed by atoms with Crippen LogP contribution in [0, 0.1) is 0 Å². The van der Waals surface area contributed by atoms with Crippen LogP contribution in [0.15, 0.2) is 315 Å². The van der Waals surface area contributed by atoms with Crippen LogP contribution in [0.25, 0.3) is 132 Å². The first-order valence-electron chi connectivity index (χ1n) is 41.2. The smallest absolute Gasteiger partial charge is 0.252 e. The Kier molecular flexibility index (Phi) is 16.2. The summed E-state index contributed by atoms with van der Waals surface area (Å²) in [6.07, 6.45) is 0. The standard InChI is InChI=1S/C110H97BN4/c1-106(2,3)74-49-56-95-90(62-74)91-63-75(107(4,5)6)50-57-96(91)112(95)80-53-55-93-98(66-80)113(79-51-46-69(47-52-79)68-32-19-16-20-33-68)105-101-87-44-31-43-86-84-41-28-26-39-82(84)81-38-25-27-40-83(81)85-42-29-30-45-94(85)114(103(86)87)99(101)67-100-102(105)111(93)92-54-48-72(73-58-76(108(7,8)9)61-77(59-73)109(10,11)12)60-97(92)115(100)104-88(70-34-21-17-22-35-70)64-78(110(13,14)15)65-89(104)71-36-23-18-24-37-71/h16-67H,1-15H3. The highest BCUT2D eigenvalue weighted by Crippen LogP contribution is 2.56. The number of fused-ring (bicyclic) bond motifs is 18. The van der Waals surface area contributed by atoms with Crippen LogP contribution in [0.1, 0.15) is 132 Å². The van der Waals surface area contributed by atoms with E-state index in [0.717, 1.165) is 84.2 Å². The summed E-state index contributed by atoms with van der Waals surface area (Å²) >= 11 is 0. The molecule has 5 heteroatoms. The summed E-state index contributed by atoms with van der Waals surface area (Å²) in [7, 11) is 0. The molecule has 560 valence electrons. The fourth-order valence-corrected chi connectivity index (χ4v) is 19.0. The second-order valence-electron chi connectivity index (χ2n) is 37.7. The summed E-state index contributed by atoms with van der Waals surface area (Å²) in [6.45, 7) is 35.0. The molecule has 0 atom stereocenters. The number of hydrogen-bond donors (Lipinski definition) is 0. The third-order valence-electron chi connectivity index (χ3n) is 25.2.